The summed E-state index contributed by atoms with van der Waals surface area (Å²) in [7, 11) is 1.85. The van der Waals surface area contributed by atoms with E-state index in [2.05, 4.69) is 31.9 Å². The molecule has 4 rings (SSSR count). The molecule has 8 heteroatoms. The largest absolute Gasteiger partial charge is 0.311 e. The molecule has 27 heavy (non-hydrogen) atoms. The Bertz CT molecular complexity index is 947. The molecule has 0 spiro atoms. The van der Waals surface area contributed by atoms with Crippen molar-refractivity contribution in [3.63, 3.8) is 0 Å². The van der Waals surface area contributed by atoms with Crippen molar-refractivity contribution in [1.29, 1.82) is 0 Å². The second-order valence-corrected chi connectivity index (χ2v) is 6.91. The molecule has 0 aromatic carbocycles. The fraction of sp³-hybridized carbons (Fsp3) is 0.579. The van der Waals surface area contributed by atoms with Crippen LogP contribution in [0.15, 0.2) is 17.3 Å². The molecule has 0 radical (unpaired) electrons. The van der Waals surface area contributed by atoms with Crippen molar-refractivity contribution in [3.8, 4) is 11.4 Å². The molecule has 4 heterocycles. The number of likely N-dealkylation sites (tertiary alicyclic amines) is 1. The zero-order valence-electron chi connectivity index (χ0n) is 16.7. The summed E-state index contributed by atoms with van der Waals surface area (Å²) in [6, 6.07) is 0. The van der Waals surface area contributed by atoms with E-state index in [4.69, 9.17) is 0 Å². The first-order valence-corrected chi connectivity index (χ1v) is 9.72. The van der Waals surface area contributed by atoms with E-state index in [1.165, 1.54) is 45.2 Å². The Hall–Kier alpha value is -2.48. The summed E-state index contributed by atoms with van der Waals surface area (Å²) in [4.78, 5) is 25.4. The van der Waals surface area contributed by atoms with Crippen LogP contribution in [0.3, 0.4) is 0 Å². The molecule has 3 aromatic rings. The summed E-state index contributed by atoms with van der Waals surface area (Å²) in [5.74, 6) is 0.705. The van der Waals surface area contributed by atoms with Crippen molar-refractivity contribution >= 4 is 11.2 Å². The fourth-order valence-corrected chi connectivity index (χ4v) is 3.56. The van der Waals surface area contributed by atoms with E-state index < -0.39 is 0 Å². The number of nitrogens with one attached hydrogen (secondary N) is 1. The van der Waals surface area contributed by atoms with E-state index in [0.717, 1.165) is 17.8 Å². The predicted octanol–water partition coefficient (Wildman–Crippen LogP) is 2.34. The van der Waals surface area contributed by atoms with Gasteiger partial charge in [-0.05, 0) is 52.7 Å². The maximum absolute atomic E-state index is 11.7. The maximum Gasteiger partial charge on any atom is 0.278 e. The lowest BCUT2D eigenvalue weighted by Gasteiger charge is -2.11. The van der Waals surface area contributed by atoms with Gasteiger partial charge < -0.3 is 14.5 Å². The summed E-state index contributed by atoms with van der Waals surface area (Å²) in [6.45, 7) is 11.1. The molecule has 1 aliphatic heterocycles. The number of hydrogen-bond donors (Lipinski definition) is 1. The quantitative estimate of drug-likeness (QED) is 0.761. The normalized spacial score (nSPS) is 14.5. The van der Waals surface area contributed by atoms with Crippen molar-refractivity contribution in [3.05, 3.63) is 28.6 Å². The molecule has 0 aliphatic carbocycles. The number of fused-ring (bicyclic) bond motifs is 1. The number of aromatic amines is 1. The highest BCUT2D eigenvalue weighted by Crippen LogP contribution is 2.23. The topological polar surface area (TPSA) is 84.6 Å². The minimum atomic E-state index is -0.229. The van der Waals surface area contributed by atoms with Crippen LogP contribution in [0.1, 0.15) is 38.8 Å². The van der Waals surface area contributed by atoms with E-state index in [9.17, 15) is 4.79 Å². The van der Waals surface area contributed by atoms with Crippen LogP contribution in [0, 0.1) is 6.92 Å². The van der Waals surface area contributed by atoms with Crippen LogP contribution in [0.25, 0.3) is 22.6 Å². The van der Waals surface area contributed by atoms with Gasteiger partial charge in [0.05, 0.1) is 18.1 Å². The van der Waals surface area contributed by atoms with Gasteiger partial charge >= 0.3 is 0 Å². The average Bonchev–Trinajstić information content (AvgIpc) is 3.37. The minimum absolute atomic E-state index is 0.229. The van der Waals surface area contributed by atoms with Gasteiger partial charge in [-0.25, -0.2) is 9.97 Å². The SMILES string of the molecule is CCCN1CCCC1.CCn1ncc(-c2nc3c(=O)[nH]cnc3n2C)c1C. The molecule has 1 aliphatic rings. The van der Waals surface area contributed by atoms with Gasteiger partial charge in [-0.2, -0.15) is 5.10 Å². The molecule has 0 amide bonds. The van der Waals surface area contributed by atoms with E-state index >= 15 is 0 Å². The van der Waals surface area contributed by atoms with Crippen LogP contribution in [-0.2, 0) is 13.6 Å². The molecule has 3 aromatic heterocycles. The van der Waals surface area contributed by atoms with E-state index in [1.807, 2.05) is 30.1 Å². The summed E-state index contributed by atoms with van der Waals surface area (Å²) in [5, 5.41) is 4.30. The second kappa shape index (κ2) is 8.47. The van der Waals surface area contributed by atoms with Crippen molar-refractivity contribution < 1.29 is 0 Å². The summed E-state index contributed by atoms with van der Waals surface area (Å²) in [5.41, 5.74) is 2.64. The zero-order chi connectivity index (χ0) is 19.4. The van der Waals surface area contributed by atoms with E-state index in [0.29, 0.717) is 17.0 Å². The first kappa shape index (κ1) is 19.3. The Kier molecular flexibility index (Phi) is 6.05. The Labute approximate surface area is 159 Å². The van der Waals surface area contributed by atoms with Crippen LogP contribution in [0.2, 0.25) is 0 Å². The van der Waals surface area contributed by atoms with Crippen molar-refractivity contribution in [2.24, 2.45) is 7.05 Å². The van der Waals surface area contributed by atoms with Crippen LogP contribution in [-0.4, -0.2) is 53.8 Å². The summed E-state index contributed by atoms with van der Waals surface area (Å²) >= 11 is 0. The highest BCUT2D eigenvalue weighted by atomic mass is 16.1. The Balaban J connectivity index is 0.000000221. The third-order valence-electron chi connectivity index (χ3n) is 5.04. The third kappa shape index (κ3) is 3.95. The van der Waals surface area contributed by atoms with Gasteiger partial charge in [0.25, 0.3) is 5.56 Å². The molecule has 8 nitrogen and oxygen atoms in total. The average molecular weight is 371 g/mol. The highest BCUT2D eigenvalue weighted by Gasteiger charge is 2.17. The summed E-state index contributed by atoms with van der Waals surface area (Å²) in [6.07, 6.45) is 7.34. The van der Waals surface area contributed by atoms with Crippen LogP contribution < -0.4 is 5.56 Å². The van der Waals surface area contributed by atoms with Crippen LogP contribution in [0.4, 0.5) is 0 Å². The smallest absolute Gasteiger partial charge is 0.278 e. The number of nitrogens with zero attached hydrogens (tertiary/aromatic N) is 6. The Morgan fingerprint density at radius 3 is 2.56 bits per heavy atom. The number of imidazole rings is 1. The van der Waals surface area contributed by atoms with Crippen LogP contribution >= 0.6 is 0 Å². The molecule has 0 unspecified atom stereocenters. The van der Waals surface area contributed by atoms with E-state index in [1.54, 1.807) is 6.20 Å². The molecule has 0 saturated carbocycles. The highest BCUT2D eigenvalue weighted by molar-refractivity contribution is 5.76. The van der Waals surface area contributed by atoms with Crippen molar-refractivity contribution in [1.82, 2.24) is 34.2 Å². The van der Waals surface area contributed by atoms with Gasteiger partial charge in [-0.15, -0.1) is 0 Å². The lowest BCUT2D eigenvalue weighted by atomic mass is 10.2. The van der Waals surface area contributed by atoms with E-state index in [-0.39, 0.29) is 5.56 Å². The minimum Gasteiger partial charge on any atom is -0.311 e. The molecule has 146 valence electrons. The van der Waals surface area contributed by atoms with Gasteiger partial charge in [0.15, 0.2) is 11.2 Å². The van der Waals surface area contributed by atoms with Gasteiger partial charge in [0.1, 0.15) is 5.82 Å². The number of H-pyrrole nitrogens is 1. The lowest BCUT2D eigenvalue weighted by Crippen LogP contribution is -2.19. The van der Waals surface area contributed by atoms with Gasteiger partial charge in [-0.3, -0.25) is 9.48 Å². The predicted molar refractivity (Wildman–Crippen MR) is 107 cm³/mol. The van der Waals surface area contributed by atoms with Gasteiger partial charge in [0.2, 0.25) is 0 Å². The number of rotatable bonds is 4. The number of aromatic nitrogens is 6. The first-order chi connectivity index (χ1) is 13.1. The molecule has 1 fully saturated rings. The third-order valence-corrected chi connectivity index (χ3v) is 5.04. The molecular formula is C19H29N7O. The standard InChI is InChI=1S/C12H14N6O.C7H15N/c1-4-18-7(2)8(5-15-18)10-16-9-11(17(10)3)13-6-14-12(9)19;1-2-5-8-6-3-4-7-8/h5-6H,4H2,1-3H3,(H,13,14,19);2-7H2,1H3. The Morgan fingerprint density at radius 2 is 1.96 bits per heavy atom. The number of hydrogen-bond acceptors (Lipinski definition) is 5. The summed E-state index contributed by atoms with van der Waals surface area (Å²) < 4.78 is 3.71. The molecule has 0 atom stereocenters. The zero-order valence-corrected chi connectivity index (χ0v) is 16.7. The maximum atomic E-state index is 11.7. The van der Waals surface area contributed by atoms with Gasteiger partial charge in [0, 0.05) is 19.3 Å². The number of aryl methyl sites for hydroxylation is 2. The molecule has 1 N–H and O–H groups in total. The molecular weight excluding hydrogens is 342 g/mol. The first-order valence-electron chi connectivity index (χ1n) is 9.72. The fourth-order valence-electron chi connectivity index (χ4n) is 3.56. The lowest BCUT2D eigenvalue weighted by molar-refractivity contribution is 0.339. The van der Waals surface area contributed by atoms with Crippen molar-refractivity contribution in [2.45, 2.75) is 46.6 Å². The van der Waals surface area contributed by atoms with Gasteiger partial charge in [-0.1, -0.05) is 6.92 Å². The monoisotopic (exact) mass is 371 g/mol. The second-order valence-electron chi connectivity index (χ2n) is 6.91. The Morgan fingerprint density at radius 1 is 1.22 bits per heavy atom. The molecule has 1 saturated heterocycles. The van der Waals surface area contributed by atoms with Crippen molar-refractivity contribution in [2.75, 3.05) is 19.6 Å². The molecule has 0 bridgehead atoms. The van der Waals surface area contributed by atoms with Crippen LogP contribution in [0.5, 0.6) is 0 Å².